The van der Waals surface area contributed by atoms with Gasteiger partial charge in [-0.2, -0.15) is 0 Å². The maximum absolute atomic E-state index is 10.4. The third kappa shape index (κ3) is 2.93. The van der Waals surface area contributed by atoms with Crippen molar-refractivity contribution in [1.82, 2.24) is 0 Å². The second-order valence-electron chi connectivity index (χ2n) is 2.64. The number of benzene rings is 1. The van der Waals surface area contributed by atoms with E-state index in [0.717, 1.165) is 10.0 Å². The van der Waals surface area contributed by atoms with E-state index < -0.39 is 4.92 Å². The van der Waals surface area contributed by atoms with Crippen molar-refractivity contribution in [3.63, 3.8) is 0 Å². The van der Waals surface area contributed by atoms with Gasteiger partial charge in [0, 0.05) is 23.2 Å². The number of hydrogen-bond acceptors (Lipinski definition) is 3. The van der Waals surface area contributed by atoms with E-state index in [0.29, 0.717) is 6.54 Å². The number of nitrogens with two attached hydrogens (primary N) is 1. The summed E-state index contributed by atoms with van der Waals surface area (Å²) in [6, 6.07) is 6.27. The number of nitro groups is 1. The van der Waals surface area contributed by atoms with E-state index in [1.54, 1.807) is 12.1 Å². The van der Waals surface area contributed by atoms with Crippen LogP contribution in [0.25, 0.3) is 6.08 Å². The zero-order chi connectivity index (χ0) is 10.6. The highest BCUT2D eigenvalue weighted by atomic mass is 79.9. The molecule has 0 fully saturated rings. The molecule has 0 bridgehead atoms. The van der Waals surface area contributed by atoms with Crippen molar-refractivity contribution in [1.29, 1.82) is 0 Å². The van der Waals surface area contributed by atoms with Crippen LogP contribution in [0.15, 0.2) is 28.7 Å². The fourth-order valence-corrected chi connectivity index (χ4v) is 1.20. The van der Waals surface area contributed by atoms with E-state index in [2.05, 4.69) is 15.9 Å². The Bertz CT molecular complexity index is 360. The Hall–Kier alpha value is -1.20. The Kier molecular flexibility index (Phi) is 3.79. The topological polar surface area (TPSA) is 69.2 Å². The molecule has 0 saturated carbocycles. The zero-order valence-electron chi connectivity index (χ0n) is 7.31. The molecule has 0 aromatic heterocycles. The van der Waals surface area contributed by atoms with E-state index in [1.807, 2.05) is 6.08 Å². The van der Waals surface area contributed by atoms with Crippen LogP contribution < -0.4 is 5.73 Å². The molecule has 0 heterocycles. The summed E-state index contributed by atoms with van der Waals surface area (Å²) in [4.78, 5) is 9.93. The van der Waals surface area contributed by atoms with Gasteiger partial charge in [-0.15, -0.1) is 0 Å². The van der Waals surface area contributed by atoms with Crippen molar-refractivity contribution in [3.05, 3.63) is 44.4 Å². The van der Waals surface area contributed by atoms with Crippen molar-refractivity contribution in [3.8, 4) is 0 Å². The second-order valence-corrected chi connectivity index (χ2v) is 3.66. The standard InChI is InChI=1S/C9H9BrN2O2/c10-8(6-11)5-7-1-3-9(4-2-7)12(13)14/h1-5H,6,11H2. The molecular formula is C9H9BrN2O2. The van der Waals surface area contributed by atoms with Gasteiger partial charge in [0.1, 0.15) is 0 Å². The van der Waals surface area contributed by atoms with E-state index in [-0.39, 0.29) is 5.69 Å². The number of nitro benzene ring substituents is 1. The van der Waals surface area contributed by atoms with Gasteiger partial charge in [0.05, 0.1) is 4.92 Å². The maximum atomic E-state index is 10.4. The summed E-state index contributed by atoms with van der Waals surface area (Å²) in [7, 11) is 0. The van der Waals surface area contributed by atoms with Crippen LogP contribution in [-0.4, -0.2) is 11.5 Å². The SMILES string of the molecule is NCC(Br)=Cc1ccc([N+](=O)[O-])cc1. The van der Waals surface area contributed by atoms with Crippen molar-refractivity contribution in [2.75, 3.05) is 6.54 Å². The first-order chi connectivity index (χ1) is 6.63. The van der Waals surface area contributed by atoms with Gasteiger partial charge in [0.25, 0.3) is 5.69 Å². The zero-order valence-corrected chi connectivity index (χ0v) is 8.90. The molecule has 1 aromatic carbocycles. The summed E-state index contributed by atoms with van der Waals surface area (Å²) in [5.41, 5.74) is 6.35. The quantitative estimate of drug-likeness (QED) is 0.667. The van der Waals surface area contributed by atoms with Crippen LogP contribution in [0.4, 0.5) is 5.69 Å². The molecule has 1 rings (SSSR count). The van der Waals surface area contributed by atoms with Crippen molar-refractivity contribution >= 4 is 27.7 Å². The van der Waals surface area contributed by atoms with Crippen LogP contribution >= 0.6 is 15.9 Å². The van der Waals surface area contributed by atoms with Crippen LogP contribution in [0.2, 0.25) is 0 Å². The normalized spacial score (nSPS) is 11.4. The minimum Gasteiger partial charge on any atom is -0.326 e. The third-order valence-corrected chi connectivity index (χ3v) is 2.17. The maximum Gasteiger partial charge on any atom is 0.269 e. The van der Waals surface area contributed by atoms with Gasteiger partial charge in [0.2, 0.25) is 0 Å². The highest BCUT2D eigenvalue weighted by Gasteiger charge is 2.02. The van der Waals surface area contributed by atoms with Crippen LogP contribution in [0, 0.1) is 10.1 Å². The lowest BCUT2D eigenvalue weighted by atomic mass is 10.2. The Labute approximate surface area is 89.7 Å². The molecule has 0 aliphatic heterocycles. The molecule has 0 aliphatic rings. The molecule has 0 saturated heterocycles. The fourth-order valence-electron chi connectivity index (χ4n) is 0.932. The molecule has 74 valence electrons. The molecule has 0 unspecified atom stereocenters. The molecule has 1 aromatic rings. The number of hydrogen-bond donors (Lipinski definition) is 1. The summed E-state index contributed by atoms with van der Waals surface area (Å²) in [6.45, 7) is 0.414. The lowest BCUT2D eigenvalue weighted by molar-refractivity contribution is -0.384. The van der Waals surface area contributed by atoms with Gasteiger partial charge in [-0.1, -0.05) is 15.9 Å². The van der Waals surface area contributed by atoms with Crippen LogP contribution in [-0.2, 0) is 0 Å². The minimum absolute atomic E-state index is 0.0889. The molecule has 2 N–H and O–H groups in total. The molecule has 5 heteroatoms. The molecule has 0 aliphatic carbocycles. The largest absolute Gasteiger partial charge is 0.326 e. The summed E-state index contributed by atoms with van der Waals surface area (Å²) >= 11 is 3.26. The van der Waals surface area contributed by atoms with Gasteiger partial charge in [-0.05, 0) is 23.8 Å². The third-order valence-electron chi connectivity index (χ3n) is 1.62. The predicted octanol–water partition coefficient (Wildman–Crippen LogP) is 2.29. The molecule has 0 atom stereocenters. The van der Waals surface area contributed by atoms with E-state index in [4.69, 9.17) is 5.73 Å². The Morgan fingerprint density at radius 3 is 2.50 bits per heavy atom. The molecule has 0 radical (unpaired) electrons. The van der Waals surface area contributed by atoms with Gasteiger partial charge >= 0.3 is 0 Å². The summed E-state index contributed by atoms with van der Waals surface area (Å²) in [6.07, 6.45) is 1.82. The lowest BCUT2D eigenvalue weighted by Crippen LogP contribution is -1.97. The molecule has 14 heavy (non-hydrogen) atoms. The number of nitrogens with zero attached hydrogens (tertiary/aromatic N) is 1. The van der Waals surface area contributed by atoms with Crippen LogP contribution in [0.3, 0.4) is 0 Å². The average Bonchev–Trinajstić information content (AvgIpc) is 2.18. The number of rotatable bonds is 3. The minimum atomic E-state index is -0.425. The first kappa shape index (κ1) is 10.9. The molecule has 0 amide bonds. The monoisotopic (exact) mass is 256 g/mol. The smallest absolute Gasteiger partial charge is 0.269 e. The average molecular weight is 257 g/mol. The Morgan fingerprint density at radius 1 is 1.50 bits per heavy atom. The summed E-state index contributed by atoms with van der Waals surface area (Å²) < 4.78 is 0.853. The first-order valence-electron chi connectivity index (χ1n) is 3.94. The predicted molar refractivity (Wildman–Crippen MR) is 59.1 cm³/mol. The molecule has 4 nitrogen and oxygen atoms in total. The Balaban J connectivity index is 2.89. The summed E-state index contributed by atoms with van der Waals surface area (Å²) in [5.74, 6) is 0. The number of halogens is 1. The van der Waals surface area contributed by atoms with Gasteiger partial charge in [-0.25, -0.2) is 0 Å². The second kappa shape index (κ2) is 4.88. The fraction of sp³-hybridized carbons (Fsp3) is 0.111. The first-order valence-corrected chi connectivity index (χ1v) is 4.73. The van der Waals surface area contributed by atoms with E-state index >= 15 is 0 Å². The Morgan fingerprint density at radius 2 is 2.07 bits per heavy atom. The van der Waals surface area contributed by atoms with E-state index in [1.165, 1.54) is 12.1 Å². The molecular weight excluding hydrogens is 248 g/mol. The van der Waals surface area contributed by atoms with Gasteiger partial charge < -0.3 is 5.73 Å². The summed E-state index contributed by atoms with van der Waals surface area (Å²) in [5, 5.41) is 10.4. The highest BCUT2D eigenvalue weighted by molar-refractivity contribution is 9.11. The molecule has 0 spiro atoms. The van der Waals surface area contributed by atoms with E-state index in [9.17, 15) is 10.1 Å². The van der Waals surface area contributed by atoms with Crippen LogP contribution in [0.5, 0.6) is 0 Å². The van der Waals surface area contributed by atoms with Gasteiger partial charge in [0.15, 0.2) is 0 Å². The van der Waals surface area contributed by atoms with Gasteiger partial charge in [-0.3, -0.25) is 10.1 Å². The van der Waals surface area contributed by atoms with Crippen LogP contribution in [0.1, 0.15) is 5.56 Å². The van der Waals surface area contributed by atoms with Crippen molar-refractivity contribution < 1.29 is 4.92 Å². The van der Waals surface area contributed by atoms with Crippen molar-refractivity contribution in [2.24, 2.45) is 5.73 Å². The van der Waals surface area contributed by atoms with Crippen molar-refractivity contribution in [2.45, 2.75) is 0 Å². The highest BCUT2D eigenvalue weighted by Crippen LogP contribution is 2.15. The lowest BCUT2D eigenvalue weighted by Gasteiger charge is -1.95. The number of non-ortho nitro benzene ring substituents is 1.